The number of pyridine rings is 1. The van der Waals surface area contributed by atoms with Crippen molar-refractivity contribution in [2.75, 3.05) is 18.5 Å². The van der Waals surface area contributed by atoms with Crippen LogP contribution >= 0.6 is 0 Å². The highest BCUT2D eigenvalue weighted by atomic mass is 16.5. The highest BCUT2D eigenvalue weighted by Crippen LogP contribution is 2.30. The van der Waals surface area contributed by atoms with Crippen LogP contribution in [0.4, 0.5) is 5.69 Å². The van der Waals surface area contributed by atoms with E-state index in [1.54, 1.807) is 0 Å². The average Bonchev–Trinajstić information content (AvgIpc) is 2.71. The van der Waals surface area contributed by atoms with Crippen molar-refractivity contribution in [3.05, 3.63) is 47.3 Å². The van der Waals surface area contributed by atoms with Crippen LogP contribution in [0.25, 0.3) is 0 Å². The molecule has 1 aromatic heterocycles. The molecule has 0 saturated carbocycles. The largest absolute Gasteiger partial charge is 0.490 e. The molecule has 0 saturated heterocycles. The summed E-state index contributed by atoms with van der Waals surface area (Å²) in [5.74, 6) is 1.68. The average molecular weight is 284 g/mol. The lowest BCUT2D eigenvalue weighted by Crippen LogP contribution is -2.03. The zero-order chi connectivity index (χ0) is 14.7. The Hall–Kier alpha value is -2.23. The van der Waals surface area contributed by atoms with Crippen molar-refractivity contribution in [3.63, 3.8) is 0 Å². The van der Waals surface area contributed by atoms with Gasteiger partial charge in [0.25, 0.3) is 0 Å². The molecular weight excluding hydrogens is 264 g/mol. The van der Waals surface area contributed by atoms with Gasteiger partial charge in [-0.15, -0.1) is 0 Å². The number of anilines is 1. The molecule has 1 aliphatic rings. The second-order valence-electron chi connectivity index (χ2n) is 5.27. The zero-order valence-corrected chi connectivity index (χ0v) is 12.5. The molecule has 0 bridgehead atoms. The Balaban J connectivity index is 1.72. The van der Waals surface area contributed by atoms with Gasteiger partial charge in [0.05, 0.1) is 24.6 Å². The number of rotatable bonds is 3. The van der Waals surface area contributed by atoms with Crippen molar-refractivity contribution in [2.45, 2.75) is 26.8 Å². The third kappa shape index (κ3) is 3.27. The van der Waals surface area contributed by atoms with Crippen molar-refractivity contribution in [3.8, 4) is 11.5 Å². The molecule has 21 heavy (non-hydrogen) atoms. The second-order valence-corrected chi connectivity index (χ2v) is 5.27. The minimum Gasteiger partial charge on any atom is -0.490 e. The van der Waals surface area contributed by atoms with Crippen LogP contribution in [-0.4, -0.2) is 18.2 Å². The number of aryl methyl sites for hydroxylation is 2. The van der Waals surface area contributed by atoms with Gasteiger partial charge in [-0.3, -0.25) is 4.98 Å². The molecule has 0 atom stereocenters. The molecule has 2 aromatic rings. The molecule has 0 spiro atoms. The quantitative estimate of drug-likeness (QED) is 0.937. The van der Waals surface area contributed by atoms with Gasteiger partial charge in [-0.25, -0.2) is 0 Å². The minimum absolute atomic E-state index is 0.713. The van der Waals surface area contributed by atoms with Crippen molar-refractivity contribution in [1.82, 2.24) is 4.98 Å². The maximum atomic E-state index is 5.72. The van der Waals surface area contributed by atoms with E-state index in [-0.39, 0.29) is 0 Å². The van der Waals surface area contributed by atoms with E-state index in [1.165, 1.54) is 5.56 Å². The Morgan fingerprint density at radius 3 is 2.67 bits per heavy atom. The Labute approximate surface area is 125 Å². The first kappa shape index (κ1) is 13.7. The summed E-state index contributed by atoms with van der Waals surface area (Å²) in [5.41, 5.74) is 4.28. The van der Waals surface area contributed by atoms with E-state index in [9.17, 15) is 0 Å². The molecule has 4 heteroatoms. The summed E-state index contributed by atoms with van der Waals surface area (Å²) in [7, 11) is 0. The monoisotopic (exact) mass is 284 g/mol. The predicted molar refractivity (Wildman–Crippen MR) is 83.1 cm³/mol. The highest BCUT2D eigenvalue weighted by Gasteiger charge is 2.10. The molecule has 0 unspecified atom stereocenters. The Morgan fingerprint density at radius 2 is 1.86 bits per heavy atom. The van der Waals surface area contributed by atoms with Crippen LogP contribution in [0, 0.1) is 13.8 Å². The predicted octanol–water partition coefficient (Wildman–Crippen LogP) is 3.47. The van der Waals surface area contributed by atoms with Crippen molar-refractivity contribution in [2.24, 2.45) is 0 Å². The first-order chi connectivity index (χ1) is 10.2. The van der Waals surface area contributed by atoms with Crippen LogP contribution < -0.4 is 14.8 Å². The summed E-state index contributed by atoms with van der Waals surface area (Å²) in [6, 6.07) is 10.2. The van der Waals surface area contributed by atoms with Crippen LogP contribution in [0.3, 0.4) is 0 Å². The number of hydrogen-bond donors (Lipinski definition) is 1. The van der Waals surface area contributed by atoms with E-state index in [1.807, 2.05) is 32.0 Å². The standard InChI is InChI=1S/C17H20N2O2/c1-12-4-6-15(13(2)19-12)18-11-14-5-7-16-17(10-14)21-9-3-8-20-16/h4-7,10,18H,3,8-9,11H2,1-2H3. The van der Waals surface area contributed by atoms with E-state index in [4.69, 9.17) is 9.47 Å². The smallest absolute Gasteiger partial charge is 0.161 e. The summed E-state index contributed by atoms with van der Waals surface area (Å²) in [4.78, 5) is 4.46. The number of hydrogen-bond acceptors (Lipinski definition) is 4. The number of nitrogens with one attached hydrogen (secondary N) is 1. The maximum absolute atomic E-state index is 5.72. The van der Waals surface area contributed by atoms with Crippen LogP contribution in [-0.2, 0) is 6.54 Å². The molecule has 1 aromatic carbocycles. The molecule has 1 aliphatic heterocycles. The summed E-state index contributed by atoms with van der Waals surface area (Å²) in [6.07, 6.45) is 0.927. The lowest BCUT2D eigenvalue weighted by molar-refractivity contribution is 0.297. The fourth-order valence-electron chi connectivity index (χ4n) is 2.39. The van der Waals surface area contributed by atoms with Gasteiger partial charge in [-0.2, -0.15) is 0 Å². The molecule has 0 radical (unpaired) electrons. The Kier molecular flexibility index (Phi) is 3.95. The van der Waals surface area contributed by atoms with E-state index >= 15 is 0 Å². The van der Waals surface area contributed by atoms with Gasteiger partial charge in [-0.1, -0.05) is 6.07 Å². The van der Waals surface area contributed by atoms with Crippen LogP contribution in [0.2, 0.25) is 0 Å². The molecule has 110 valence electrons. The molecule has 0 amide bonds. The number of fused-ring (bicyclic) bond motifs is 1. The summed E-state index contributed by atoms with van der Waals surface area (Å²) < 4.78 is 11.4. The highest BCUT2D eigenvalue weighted by molar-refractivity contribution is 5.49. The van der Waals surface area contributed by atoms with Crippen molar-refractivity contribution >= 4 is 5.69 Å². The van der Waals surface area contributed by atoms with Gasteiger partial charge in [0.2, 0.25) is 0 Å². The van der Waals surface area contributed by atoms with E-state index in [0.29, 0.717) is 6.61 Å². The summed E-state index contributed by atoms with van der Waals surface area (Å²) in [6.45, 7) is 6.19. The molecule has 3 rings (SSSR count). The number of benzene rings is 1. The van der Waals surface area contributed by atoms with Crippen LogP contribution in [0.5, 0.6) is 11.5 Å². The number of aromatic nitrogens is 1. The van der Waals surface area contributed by atoms with E-state index < -0.39 is 0 Å². The summed E-state index contributed by atoms with van der Waals surface area (Å²) in [5, 5.41) is 3.42. The molecule has 2 heterocycles. The lowest BCUT2D eigenvalue weighted by atomic mass is 10.2. The number of ether oxygens (including phenoxy) is 2. The first-order valence-corrected chi connectivity index (χ1v) is 7.29. The third-order valence-corrected chi connectivity index (χ3v) is 3.52. The Morgan fingerprint density at radius 1 is 1.05 bits per heavy atom. The zero-order valence-electron chi connectivity index (χ0n) is 12.5. The van der Waals surface area contributed by atoms with Crippen molar-refractivity contribution in [1.29, 1.82) is 0 Å². The van der Waals surface area contributed by atoms with E-state index in [0.717, 1.165) is 48.1 Å². The van der Waals surface area contributed by atoms with Crippen LogP contribution in [0.1, 0.15) is 23.4 Å². The Bertz CT molecular complexity index is 641. The normalized spacial score (nSPS) is 13.6. The molecule has 4 nitrogen and oxygen atoms in total. The van der Waals surface area contributed by atoms with Crippen molar-refractivity contribution < 1.29 is 9.47 Å². The maximum Gasteiger partial charge on any atom is 0.161 e. The van der Waals surface area contributed by atoms with Gasteiger partial charge < -0.3 is 14.8 Å². The minimum atomic E-state index is 0.713. The van der Waals surface area contributed by atoms with Gasteiger partial charge in [0.1, 0.15) is 0 Å². The van der Waals surface area contributed by atoms with Crippen LogP contribution in [0.15, 0.2) is 30.3 Å². The molecule has 0 aliphatic carbocycles. The fourth-order valence-corrected chi connectivity index (χ4v) is 2.39. The third-order valence-electron chi connectivity index (χ3n) is 3.52. The van der Waals surface area contributed by atoms with Gasteiger partial charge in [-0.05, 0) is 43.7 Å². The fraction of sp³-hybridized carbons (Fsp3) is 0.353. The lowest BCUT2D eigenvalue weighted by Gasteiger charge is -2.12. The van der Waals surface area contributed by atoms with Gasteiger partial charge in [0.15, 0.2) is 11.5 Å². The molecule has 0 fully saturated rings. The molecule has 1 N–H and O–H groups in total. The van der Waals surface area contributed by atoms with Gasteiger partial charge >= 0.3 is 0 Å². The number of nitrogens with zero attached hydrogens (tertiary/aromatic N) is 1. The second kappa shape index (κ2) is 6.04. The summed E-state index contributed by atoms with van der Waals surface area (Å²) >= 11 is 0. The van der Waals surface area contributed by atoms with Gasteiger partial charge in [0, 0.05) is 18.7 Å². The molecular formula is C17H20N2O2. The SMILES string of the molecule is Cc1ccc(NCc2ccc3c(c2)OCCCO3)c(C)n1. The van der Waals surface area contributed by atoms with E-state index in [2.05, 4.69) is 22.4 Å². The topological polar surface area (TPSA) is 43.4 Å². The first-order valence-electron chi connectivity index (χ1n) is 7.29.